The number of halogens is 2. The maximum atomic E-state index is 13.2. The highest BCUT2D eigenvalue weighted by Crippen LogP contribution is 2.44. The molecule has 1 aromatic rings. The molecule has 2 N–H and O–H groups in total. The third-order valence-corrected chi connectivity index (χ3v) is 5.79. The van der Waals surface area contributed by atoms with Crippen molar-refractivity contribution in [2.24, 2.45) is 5.41 Å². The zero-order valence-electron chi connectivity index (χ0n) is 12.6. The molecule has 0 bridgehead atoms. The van der Waals surface area contributed by atoms with Crippen LogP contribution in [0.4, 0.5) is 4.39 Å². The Bertz CT molecular complexity index is 639. The van der Waals surface area contributed by atoms with E-state index in [4.69, 9.17) is 0 Å². The first-order chi connectivity index (χ1) is 10.9. The van der Waals surface area contributed by atoms with Crippen LogP contribution in [0.25, 0.3) is 0 Å². The van der Waals surface area contributed by atoms with Crippen molar-refractivity contribution in [1.29, 1.82) is 0 Å². The molecule has 2 fully saturated rings. The molecule has 0 spiro atoms. The molecule has 0 aliphatic heterocycles. The Morgan fingerprint density at radius 3 is 2.57 bits per heavy atom. The molecule has 2 aliphatic rings. The van der Waals surface area contributed by atoms with Crippen LogP contribution in [0, 0.1) is 11.2 Å². The molecule has 0 unspecified atom stereocenters. The fourth-order valence-corrected chi connectivity index (χ4v) is 3.83. The number of carboxylic acids is 1. The second-order valence-electron chi connectivity index (χ2n) is 6.72. The lowest BCUT2D eigenvalue weighted by Gasteiger charge is -2.39. The largest absolute Gasteiger partial charge is 0.481 e. The van der Waals surface area contributed by atoms with Crippen molar-refractivity contribution >= 4 is 27.8 Å². The maximum Gasteiger partial charge on any atom is 0.310 e. The molecule has 0 atom stereocenters. The lowest BCUT2D eigenvalue weighted by atomic mass is 9.66. The number of carboxylic acid groups (broad SMARTS) is 1. The summed E-state index contributed by atoms with van der Waals surface area (Å²) in [5.41, 5.74) is 0.222. The van der Waals surface area contributed by atoms with Crippen LogP contribution in [0.15, 0.2) is 22.7 Å². The zero-order valence-corrected chi connectivity index (χ0v) is 14.2. The molecule has 6 heteroatoms. The van der Waals surface area contributed by atoms with Gasteiger partial charge >= 0.3 is 5.97 Å². The minimum Gasteiger partial charge on any atom is -0.481 e. The van der Waals surface area contributed by atoms with Gasteiger partial charge in [-0.2, -0.15) is 0 Å². The summed E-state index contributed by atoms with van der Waals surface area (Å²) in [6.07, 6.45) is 3.75. The predicted molar refractivity (Wildman–Crippen MR) is 86.5 cm³/mol. The molecule has 0 radical (unpaired) electrons. The molecule has 0 heterocycles. The highest BCUT2D eigenvalue weighted by Gasteiger charge is 2.46. The minimum atomic E-state index is -0.860. The first-order valence-corrected chi connectivity index (χ1v) is 8.67. The van der Waals surface area contributed by atoms with E-state index < -0.39 is 11.4 Å². The van der Waals surface area contributed by atoms with Crippen molar-refractivity contribution in [2.75, 3.05) is 0 Å². The lowest BCUT2D eigenvalue weighted by molar-refractivity contribution is -0.157. The highest BCUT2D eigenvalue weighted by atomic mass is 79.9. The maximum absolute atomic E-state index is 13.2. The number of hydrogen-bond donors (Lipinski definition) is 2. The molecule has 0 saturated heterocycles. The molecule has 0 aromatic heterocycles. The summed E-state index contributed by atoms with van der Waals surface area (Å²) in [7, 11) is 0. The highest BCUT2D eigenvalue weighted by molar-refractivity contribution is 9.10. The second kappa shape index (κ2) is 6.23. The van der Waals surface area contributed by atoms with Gasteiger partial charge in [-0.05, 0) is 65.2 Å². The van der Waals surface area contributed by atoms with Crippen molar-refractivity contribution in [1.82, 2.24) is 5.32 Å². The monoisotopic (exact) mass is 383 g/mol. The van der Waals surface area contributed by atoms with Crippen LogP contribution in [0.1, 0.15) is 50.0 Å². The molecule has 2 aliphatic carbocycles. The second-order valence-corrected chi connectivity index (χ2v) is 7.58. The van der Waals surface area contributed by atoms with Gasteiger partial charge < -0.3 is 10.4 Å². The number of carbonyl (C=O) groups is 2. The van der Waals surface area contributed by atoms with E-state index in [2.05, 4.69) is 21.2 Å². The van der Waals surface area contributed by atoms with Crippen molar-refractivity contribution in [2.45, 2.75) is 50.5 Å². The van der Waals surface area contributed by atoms with Crippen LogP contribution in [-0.4, -0.2) is 23.0 Å². The third kappa shape index (κ3) is 3.27. The number of aliphatic carboxylic acids is 1. The van der Waals surface area contributed by atoms with Crippen LogP contribution in [0.3, 0.4) is 0 Å². The Balaban J connectivity index is 1.49. The number of carbonyl (C=O) groups excluding carboxylic acids is 1. The Hall–Kier alpha value is -1.43. The van der Waals surface area contributed by atoms with Crippen LogP contribution in [-0.2, 0) is 9.59 Å². The average Bonchev–Trinajstić information content (AvgIpc) is 2.40. The van der Waals surface area contributed by atoms with Crippen molar-refractivity contribution in [3.8, 4) is 0 Å². The predicted octanol–water partition coefficient (Wildman–Crippen LogP) is 3.60. The van der Waals surface area contributed by atoms with Crippen LogP contribution in [0.2, 0.25) is 0 Å². The molecule has 4 nitrogen and oxygen atoms in total. The quantitative estimate of drug-likeness (QED) is 0.816. The van der Waals surface area contributed by atoms with E-state index in [1.54, 1.807) is 12.1 Å². The molecule has 1 aromatic carbocycles. The van der Waals surface area contributed by atoms with Gasteiger partial charge in [0.2, 0.25) is 5.91 Å². The van der Waals surface area contributed by atoms with Gasteiger partial charge in [0.05, 0.1) is 9.89 Å². The Kier molecular flexibility index (Phi) is 4.45. The average molecular weight is 384 g/mol. The van der Waals surface area contributed by atoms with Gasteiger partial charge in [0, 0.05) is 12.5 Å². The van der Waals surface area contributed by atoms with Gasteiger partial charge in [-0.25, -0.2) is 4.39 Å². The third-order valence-electron chi connectivity index (χ3n) is 5.18. The fraction of sp³-hybridized carbons (Fsp3) is 0.529. The van der Waals surface area contributed by atoms with Gasteiger partial charge in [0.15, 0.2) is 0 Å². The summed E-state index contributed by atoms with van der Waals surface area (Å²) in [4.78, 5) is 23.4. The van der Waals surface area contributed by atoms with E-state index in [1.165, 1.54) is 6.07 Å². The topological polar surface area (TPSA) is 66.4 Å². The normalized spacial score (nSPS) is 25.1. The van der Waals surface area contributed by atoms with E-state index in [0.29, 0.717) is 23.2 Å². The number of hydrogen-bond acceptors (Lipinski definition) is 2. The number of benzene rings is 1. The molecule has 23 heavy (non-hydrogen) atoms. The molecule has 2 saturated carbocycles. The lowest BCUT2D eigenvalue weighted by Crippen LogP contribution is -2.47. The molecular formula is C17H19BrFNO3. The summed E-state index contributed by atoms with van der Waals surface area (Å²) < 4.78 is 13.7. The molecule has 1 amide bonds. The summed E-state index contributed by atoms with van der Waals surface area (Å²) >= 11 is 3.18. The number of nitrogens with one attached hydrogen (secondary N) is 1. The van der Waals surface area contributed by atoms with Gasteiger partial charge in [0.25, 0.3) is 0 Å². The van der Waals surface area contributed by atoms with Gasteiger partial charge in [0.1, 0.15) is 5.82 Å². The number of rotatable bonds is 5. The molecule has 3 rings (SSSR count). The summed E-state index contributed by atoms with van der Waals surface area (Å²) in [6, 6.07) is 5.09. The summed E-state index contributed by atoms with van der Waals surface area (Å²) in [6.45, 7) is 0. The van der Waals surface area contributed by atoms with E-state index in [9.17, 15) is 19.1 Å². The standard InChI is InChI=1S/C17H19BrFNO3/c18-13-8-10(2-3-14(13)19)11-6-12(7-11)20-15(21)9-17(16(22)23)4-1-5-17/h2-3,8,11-12H,1,4-7,9H2,(H,20,21)(H,22,23). The van der Waals surface area contributed by atoms with E-state index in [1.807, 2.05) is 0 Å². The minimum absolute atomic E-state index is 0.0750. The summed E-state index contributed by atoms with van der Waals surface area (Å²) in [5, 5.41) is 12.2. The van der Waals surface area contributed by atoms with Gasteiger partial charge in [-0.15, -0.1) is 0 Å². The van der Waals surface area contributed by atoms with Crippen molar-refractivity contribution in [3.63, 3.8) is 0 Å². The van der Waals surface area contributed by atoms with E-state index >= 15 is 0 Å². The Morgan fingerprint density at radius 1 is 1.35 bits per heavy atom. The Labute approximate surface area is 142 Å². The SMILES string of the molecule is O=C(CC1(C(=O)O)CCC1)NC1CC(c2ccc(F)c(Br)c2)C1. The summed E-state index contributed by atoms with van der Waals surface area (Å²) in [5.74, 6) is -0.996. The van der Waals surface area contributed by atoms with E-state index in [0.717, 1.165) is 24.8 Å². The fourth-order valence-electron chi connectivity index (χ4n) is 3.43. The van der Waals surface area contributed by atoms with Crippen molar-refractivity contribution in [3.05, 3.63) is 34.1 Å². The van der Waals surface area contributed by atoms with Crippen molar-refractivity contribution < 1.29 is 19.1 Å². The Morgan fingerprint density at radius 2 is 2.04 bits per heavy atom. The van der Waals surface area contributed by atoms with Gasteiger partial charge in [-0.3, -0.25) is 9.59 Å². The van der Waals surface area contributed by atoms with Crippen LogP contribution in [0.5, 0.6) is 0 Å². The first-order valence-electron chi connectivity index (χ1n) is 7.87. The van der Waals surface area contributed by atoms with Crippen LogP contribution >= 0.6 is 15.9 Å². The smallest absolute Gasteiger partial charge is 0.310 e. The number of amides is 1. The zero-order chi connectivity index (χ0) is 16.6. The molecule has 124 valence electrons. The van der Waals surface area contributed by atoms with Gasteiger partial charge in [-0.1, -0.05) is 12.5 Å². The van der Waals surface area contributed by atoms with E-state index in [-0.39, 0.29) is 24.2 Å². The first kappa shape index (κ1) is 16.4. The molecular weight excluding hydrogens is 365 g/mol. The van der Waals surface area contributed by atoms with Crippen LogP contribution < -0.4 is 5.32 Å².